The zero-order chi connectivity index (χ0) is 18.8. The third-order valence-electron chi connectivity index (χ3n) is 4.82. The minimum Gasteiger partial charge on any atom is -0.496 e. The Morgan fingerprint density at radius 1 is 0.667 bits per heavy atom. The molecular weight excluding hydrogens is 334 g/mol. The van der Waals surface area contributed by atoms with E-state index in [1.54, 1.807) is 14.2 Å². The molecule has 0 aliphatic carbocycles. The monoisotopic (exact) mass is 355 g/mol. The van der Waals surface area contributed by atoms with Gasteiger partial charge in [0, 0.05) is 22.1 Å². The molecule has 0 fully saturated rings. The molecule has 0 saturated carbocycles. The van der Waals surface area contributed by atoms with Gasteiger partial charge in [0.15, 0.2) is 0 Å². The third kappa shape index (κ3) is 3.02. The van der Waals surface area contributed by atoms with Crippen LogP contribution in [0, 0.1) is 6.92 Å². The molecule has 1 heterocycles. The van der Waals surface area contributed by atoms with Crippen molar-refractivity contribution in [3.05, 3.63) is 78.4 Å². The van der Waals surface area contributed by atoms with Gasteiger partial charge in [-0.3, -0.25) is 0 Å². The van der Waals surface area contributed by atoms with Crippen molar-refractivity contribution in [2.45, 2.75) is 6.92 Å². The average molecular weight is 355 g/mol. The standard InChI is InChI=1S/C24H21NO2/c1-16-8-6-12-21(26-2)23(16)24-18(10-7-13-22(24)27-3)20-15-14-17-9-4-5-11-19(17)25-20/h4-15H,1-3H3. The Bertz CT molecular complexity index is 1120. The maximum Gasteiger partial charge on any atom is 0.127 e. The van der Waals surface area contributed by atoms with Gasteiger partial charge in [-0.2, -0.15) is 0 Å². The van der Waals surface area contributed by atoms with Crippen LogP contribution in [-0.2, 0) is 0 Å². The average Bonchev–Trinajstić information content (AvgIpc) is 2.72. The van der Waals surface area contributed by atoms with E-state index in [-0.39, 0.29) is 0 Å². The van der Waals surface area contributed by atoms with Crippen molar-refractivity contribution in [3.8, 4) is 33.9 Å². The first-order valence-corrected chi connectivity index (χ1v) is 8.90. The molecule has 134 valence electrons. The van der Waals surface area contributed by atoms with Gasteiger partial charge in [0.2, 0.25) is 0 Å². The first kappa shape index (κ1) is 17.1. The van der Waals surface area contributed by atoms with Gasteiger partial charge in [-0.05, 0) is 36.8 Å². The van der Waals surface area contributed by atoms with E-state index in [1.165, 1.54) is 0 Å². The van der Waals surface area contributed by atoms with Crippen molar-refractivity contribution in [2.75, 3.05) is 14.2 Å². The molecule has 1 aromatic heterocycles. The highest BCUT2D eigenvalue weighted by Gasteiger charge is 2.19. The van der Waals surface area contributed by atoms with E-state index in [1.807, 2.05) is 42.5 Å². The molecule has 0 unspecified atom stereocenters. The van der Waals surface area contributed by atoms with Crippen molar-refractivity contribution in [1.29, 1.82) is 0 Å². The summed E-state index contributed by atoms with van der Waals surface area (Å²) in [6.07, 6.45) is 0. The minimum absolute atomic E-state index is 0.801. The number of methoxy groups -OCH3 is 2. The fourth-order valence-electron chi connectivity index (χ4n) is 3.52. The zero-order valence-corrected chi connectivity index (χ0v) is 15.7. The van der Waals surface area contributed by atoms with Gasteiger partial charge < -0.3 is 9.47 Å². The third-order valence-corrected chi connectivity index (χ3v) is 4.82. The number of ether oxygens (including phenoxy) is 2. The fraction of sp³-hybridized carbons (Fsp3) is 0.125. The Hall–Kier alpha value is -3.33. The van der Waals surface area contributed by atoms with Crippen LogP contribution in [0.25, 0.3) is 33.3 Å². The maximum absolute atomic E-state index is 5.72. The van der Waals surface area contributed by atoms with Gasteiger partial charge >= 0.3 is 0 Å². The number of hydrogen-bond acceptors (Lipinski definition) is 3. The van der Waals surface area contributed by atoms with Gasteiger partial charge in [-0.1, -0.05) is 48.5 Å². The lowest BCUT2D eigenvalue weighted by molar-refractivity contribution is 0.410. The smallest absolute Gasteiger partial charge is 0.127 e. The van der Waals surface area contributed by atoms with Crippen LogP contribution in [0.1, 0.15) is 5.56 Å². The number of rotatable bonds is 4. The summed E-state index contributed by atoms with van der Waals surface area (Å²) in [5.41, 5.74) is 6.06. The van der Waals surface area contributed by atoms with E-state index in [2.05, 4.69) is 37.3 Å². The van der Waals surface area contributed by atoms with Gasteiger partial charge in [0.05, 0.1) is 25.4 Å². The highest BCUT2D eigenvalue weighted by atomic mass is 16.5. The summed E-state index contributed by atoms with van der Waals surface area (Å²) in [6.45, 7) is 2.09. The molecule has 4 rings (SSSR count). The quantitative estimate of drug-likeness (QED) is 0.457. The molecule has 0 atom stereocenters. The summed E-state index contributed by atoms with van der Waals surface area (Å²) in [5.74, 6) is 1.62. The van der Waals surface area contributed by atoms with Crippen LogP contribution in [0.2, 0.25) is 0 Å². The molecule has 0 aliphatic heterocycles. The normalized spacial score (nSPS) is 10.8. The Kier molecular flexibility index (Phi) is 4.51. The molecule has 0 aliphatic rings. The van der Waals surface area contributed by atoms with Crippen molar-refractivity contribution in [2.24, 2.45) is 0 Å². The van der Waals surface area contributed by atoms with Gasteiger partial charge in [-0.15, -0.1) is 0 Å². The van der Waals surface area contributed by atoms with Crippen LogP contribution < -0.4 is 9.47 Å². The molecule has 0 N–H and O–H groups in total. The second-order valence-electron chi connectivity index (χ2n) is 6.42. The first-order chi connectivity index (χ1) is 13.2. The van der Waals surface area contributed by atoms with Crippen molar-refractivity contribution >= 4 is 10.9 Å². The topological polar surface area (TPSA) is 31.4 Å². The zero-order valence-electron chi connectivity index (χ0n) is 15.7. The number of para-hydroxylation sites is 1. The van der Waals surface area contributed by atoms with E-state index in [0.29, 0.717) is 0 Å². The Morgan fingerprint density at radius 3 is 2.15 bits per heavy atom. The predicted octanol–water partition coefficient (Wildman–Crippen LogP) is 5.89. The van der Waals surface area contributed by atoms with Crippen LogP contribution in [0.5, 0.6) is 11.5 Å². The minimum atomic E-state index is 0.801. The number of fused-ring (bicyclic) bond motifs is 1. The van der Waals surface area contributed by atoms with E-state index in [9.17, 15) is 0 Å². The largest absolute Gasteiger partial charge is 0.496 e. The summed E-state index contributed by atoms with van der Waals surface area (Å²) in [6, 6.07) is 24.4. The summed E-state index contributed by atoms with van der Waals surface area (Å²) < 4.78 is 11.4. The van der Waals surface area contributed by atoms with Gasteiger partial charge in [0.1, 0.15) is 11.5 Å². The lowest BCUT2D eigenvalue weighted by Gasteiger charge is -2.18. The molecule has 0 bridgehead atoms. The summed E-state index contributed by atoms with van der Waals surface area (Å²) in [7, 11) is 3.39. The predicted molar refractivity (Wildman–Crippen MR) is 110 cm³/mol. The summed E-state index contributed by atoms with van der Waals surface area (Å²) in [4.78, 5) is 4.90. The molecule has 0 saturated heterocycles. The maximum atomic E-state index is 5.72. The van der Waals surface area contributed by atoms with Crippen LogP contribution >= 0.6 is 0 Å². The van der Waals surface area contributed by atoms with Crippen LogP contribution in [0.15, 0.2) is 72.8 Å². The molecule has 3 heteroatoms. The first-order valence-electron chi connectivity index (χ1n) is 8.90. The highest BCUT2D eigenvalue weighted by Crippen LogP contribution is 2.44. The number of aromatic nitrogens is 1. The number of hydrogen-bond donors (Lipinski definition) is 0. The lowest BCUT2D eigenvalue weighted by Crippen LogP contribution is -1.97. The lowest BCUT2D eigenvalue weighted by atomic mass is 9.92. The summed E-state index contributed by atoms with van der Waals surface area (Å²) >= 11 is 0. The summed E-state index contributed by atoms with van der Waals surface area (Å²) in [5, 5.41) is 1.12. The Labute approximate surface area is 159 Å². The molecular formula is C24H21NO2. The Balaban J connectivity index is 2.03. The molecule has 4 aromatic rings. The van der Waals surface area contributed by atoms with Crippen molar-refractivity contribution in [1.82, 2.24) is 4.98 Å². The molecule has 0 amide bonds. The Morgan fingerprint density at radius 2 is 1.37 bits per heavy atom. The highest BCUT2D eigenvalue weighted by molar-refractivity contribution is 5.92. The SMILES string of the molecule is COc1cccc(C)c1-c1c(OC)cccc1-c1ccc2ccccc2n1. The second-order valence-corrected chi connectivity index (χ2v) is 6.42. The molecule has 3 aromatic carbocycles. The van der Waals surface area contributed by atoms with Crippen molar-refractivity contribution < 1.29 is 9.47 Å². The van der Waals surface area contributed by atoms with Gasteiger partial charge in [0.25, 0.3) is 0 Å². The molecule has 3 nitrogen and oxygen atoms in total. The number of benzene rings is 3. The second kappa shape index (κ2) is 7.12. The molecule has 27 heavy (non-hydrogen) atoms. The molecule has 0 radical (unpaired) electrons. The van der Waals surface area contributed by atoms with Gasteiger partial charge in [-0.25, -0.2) is 4.98 Å². The van der Waals surface area contributed by atoms with E-state index in [4.69, 9.17) is 14.5 Å². The number of aryl methyl sites for hydroxylation is 1. The van der Waals surface area contributed by atoms with E-state index < -0.39 is 0 Å². The van der Waals surface area contributed by atoms with E-state index in [0.717, 1.165) is 50.3 Å². The van der Waals surface area contributed by atoms with Crippen LogP contribution in [0.3, 0.4) is 0 Å². The van der Waals surface area contributed by atoms with Crippen LogP contribution in [0.4, 0.5) is 0 Å². The van der Waals surface area contributed by atoms with Crippen LogP contribution in [-0.4, -0.2) is 19.2 Å². The number of nitrogens with zero attached hydrogens (tertiary/aromatic N) is 1. The van der Waals surface area contributed by atoms with Crippen molar-refractivity contribution in [3.63, 3.8) is 0 Å². The van der Waals surface area contributed by atoms with E-state index >= 15 is 0 Å². The number of pyridine rings is 1. The fourth-order valence-corrected chi connectivity index (χ4v) is 3.52. The molecule has 0 spiro atoms.